The minimum Gasteiger partial charge on any atom is -0.240 e. The topological polar surface area (TPSA) is 38.7 Å². The average Bonchev–Trinajstić information content (AvgIpc) is 2.25. The highest BCUT2D eigenvalue weighted by molar-refractivity contribution is 5.77. The zero-order chi connectivity index (χ0) is 12.8. The summed E-state index contributed by atoms with van der Waals surface area (Å²) in [6, 6.07) is 3.55. The van der Waals surface area contributed by atoms with Gasteiger partial charge in [0.2, 0.25) is 0 Å². The van der Waals surface area contributed by atoms with Gasteiger partial charge >= 0.3 is 6.18 Å². The molecule has 1 fully saturated rings. The van der Waals surface area contributed by atoms with Gasteiger partial charge < -0.3 is 0 Å². The van der Waals surface area contributed by atoms with E-state index in [1.165, 1.54) is 6.33 Å². The number of alkyl halides is 3. The third kappa shape index (κ3) is 1.81. The van der Waals surface area contributed by atoms with Crippen LogP contribution in [0.2, 0.25) is 0 Å². The maximum Gasteiger partial charge on any atom is 0.391 e. The molecular weight excluding hydrogens is 243 g/mol. The van der Waals surface area contributed by atoms with Crippen molar-refractivity contribution in [2.45, 2.75) is 24.9 Å². The Morgan fingerprint density at radius 3 is 2.61 bits per heavy atom. The molecule has 2 aromatic rings. The summed E-state index contributed by atoms with van der Waals surface area (Å²) in [7, 11) is 0. The van der Waals surface area contributed by atoms with Crippen LogP contribution in [0, 0.1) is 5.92 Å². The standard InChI is InChI=1S/C12H10F3N3/c13-12(14,15)8-4-7(5-8)10-9-2-1-3-16-11(9)18-6-17-10/h1-3,6-8H,4-5H2/t7-,8-. The van der Waals surface area contributed by atoms with Crippen molar-refractivity contribution in [1.82, 2.24) is 15.0 Å². The van der Waals surface area contributed by atoms with Crippen LogP contribution in [0.25, 0.3) is 11.0 Å². The van der Waals surface area contributed by atoms with Crippen molar-refractivity contribution in [2.24, 2.45) is 5.92 Å². The number of fused-ring (bicyclic) bond motifs is 1. The molecule has 6 heteroatoms. The molecule has 94 valence electrons. The van der Waals surface area contributed by atoms with Crippen molar-refractivity contribution < 1.29 is 13.2 Å². The SMILES string of the molecule is FC(F)(F)[C@H]1C[C@H](c2ncnc3ncccc32)C1. The molecule has 0 amide bonds. The largest absolute Gasteiger partial charge is 0.391 e. The van der Waals surface area contributed by atoms with Gasteiger partial charge in [-0.3, -0.25) is 0 Å². The third-order valence-electron chi connectivity index (χ3n) is 3.43. The Bertz CT molecular complexity index is 571. The molecule has 0 saturated heterocycles. The van der Waals surface area contributed by atoms with Crippen LogP contribution in [0.3, 0.4) is 0 Å². The van der Waals surface area contributed by atoms with Crippen molar-refractivity contribution in [3.63, 3.8) is 0 Å². The molecule has 1 saturated carbocycles. The monoisotopic (exact) mass is 253 g/mol. The summed E-state index contributed by atoms with van der Waals surface area (Å²) in [5.74, 6) is -1.32. The Balaban J connectivity index is 1.89. The van der Waals surface area contributed by atoms with E-state index in [-0.39, 0.29) is 18.8 Å². The molecule has 0 radical (unpaired) electrons. The van der Waals surface area contributed by atoms with Gasteiger partial charge in [0.1, 0.15) is 6.33 Å². The molecule has 0 unspecified atom stereocenters. The molecular formula is C12H10F3N3. The molecule has 18 heavy (non-hydrogen) atoms. The van der Waals surface area contributed by atoms with E-state index in [1.54, 1.807) is 18.3 Å². The summed E-state index contributed by atoms with van der Waals surface area (Å²) in [6.45, 7) is 0. The van der Waals surface area contributed by atoms with E-state index < -0.39 is 12.1 Å². The average molecular weight is 253 g/mol. The highest BCUT2D eigenvalue weighted by Crippen LogP contribution is 2.49. The molecule has 0 bridgehead atoms. The number of rotatable bonds is 1. The zero-order valence-electron chi connectivity index (χ0n) is 9.35. The van der Waals surface area contributed by atoms with Crippen molar-refractivity contribution in [3.05, 3.63) is 30.4 Å². The van der Waals surface area contributed by atoms with E-state index >= 15 is 0 Å². The van der Waals surface area contributed by atoms with E-state index in [2.05, 4.69) is 15.0 Å². The second-order valence-electron chi connectivity index (χ2n) is 4.54. The fourth-order valence-corrected chi connectivity index (χ4v) is 2.35. The molecule has 2 heterocycles. The van der Waals surface area contributed by atoms with Gasteiger partial charge in [-0.05, 0) is 25.0 Å². The van der Waals surface area contributed by atoms with Crippen molar-refractivity contribution in [3.8, 4) is 0 Å². The van der Waals surface area contributed by atoms with Crippen LogP contribution >= 0.6 is 0 Å². The molecule has 3 rings (SSSR count). The first-order valence-corrected chi connectivity index (χ1v) is 5.68. The van der Waals surface area contributed by atoms with E-state index in [0.29, 0.717) is 11.3 Å². The molecule has 1 aliphatic rings. The van der Waals surface area contributed by atoms with Crippen LogP contribution in [0.5, 0.6) is 0 Å². The number of aromatic nitrogens is 3. The highest BCUT2D eigenvalue weighted by atomic mass is 19.4. The van der Waals surface area contributed by atoms with E-state index in [9.17, 15) is 13.2 Å². The normalized spacial score (nSPS) is 23.9. The molecule has 0 aliphatic heterocycles. The van der Waals surface area contributed by atoms with Gasteiger partial charge in [-0.15, -0.1) is 0 Å². The van der Waals surface area contributed by atoms with Crippen molar-refractivity contribution in [1.29, 1.82) is 0 Å². The Morgan fingerprint density at radius 2 is 1.89 bits per heavy atom. The van der Waals surface area contributed by atoms with Crippen LogP contribution in [-0.2, 0) is 0 Å². The third-order valence-corrected chi connectivity index (χ3v) is 3.43. The second kappa shape index (κ2) is 3.90. The fourth-order valence-electron chi connectivity index (χ4n) is 2.35. The second-order valence-corrected chi connectivity index (χ2v) is 4.54. The number of halogens is 3. The Hall–Kier alpha value is -1.72. The molecule has 0 spiro atoms. The molecule has 0 atom stereocenters. The first-order valence-electron chi connectivity index (χ1n) is 5.68. The molecule has 2 aromatic heterocycles. The first kappa shape index (κ1) is 11.4. The molecule has 0 N–H and O–H groups in total. The van der Waals surface area contributed by atoms with Gasteiger partial charge in [-0.2, -0.15) is 13.2 Å². The zero-order valence-corrected chi connectivity index (χ0v) is 9.35. The Labute approximate surface area is 101 Å². The lowest BCUT2D eigenvalue weighted by Crippen LogP contribution is -2.34. The number of nitrogens with zero attached hydrogens (tertiary/aromatic N) is 3. The van der Waals surface area contributed by atoms with Gasteiger partial charge in [0.05, 0.1) is 11.6 Å². The van der Waals surface area contributed by atoms with Gasteiger partial charge in [0.25, 0.3) is 0 Å². The molecule has 0 aromatic carbocycles. The minimum absolute atomic E-state index is 0.116. The molecule has 3 nitrogen and oxygen atoms in total. The van der Waals surface area contributed by atoms with Crippen LogP contribution in [0.15, 0.2) is 24.7 Å². The fraction of sp³-hybridized carbons (Fsp3) is 0.417. The van der Waals surface area contributed by atoms with Crippen molar-refractivity contribution >= 4 is 11.0 Å². The maximum atomic E-state index is 12.5. The van der Waals surface area contributed by atoms with Gasteiger partial charge in [0, 0.05) is 17.5 Å². The van der Waals surface area contributed by atoms with Crippen LogP contribution in [-0.4, -0.2) is 21.1 Å². The summed E-state index contributed by atoms with van der Waals surface area (Å²) in [5, 5.41) is 0.755. The van der Waals surface area contributed by atoms with Crippen molar-refractivity contribution in [2.75, 3.05) is 0 Å². The number of pyridine rings is 1. The van der Waals surface area contributed by atoms with E-state index in [1.807, 2.05) is 0 Å². The lowest BCUT2D eigenvalue weighted by molar-refractivity contribution is -0.197. The minimum atomic E-state index is -4.09. The Morgan fingerprint density at radius 1 is 1.11 bits per heavy atom. The lowest BCUT2D eigenvalue weighted by Gasteiger charge is -2.36. The Kier molecular flexibility index (Phi) is 2.46. The van der Waals surface area contributed by atoms with Gasteiger partial charge in [-0.1, -0.05) is 0 Å². The summed E-state index contributed by atoms with van der Waals surface area (Å²) in [4.78, 5) is 12.2. The summed E-state index contributed by atoms with van der Waals surface area (Å²) < 4.78 is 37.4. The number of hydrogen-bond acceptors (Lipinski definition) is 3. The maximum absolute atomic E-state index is 12.5. The van der Waals surface area contributed by atoms with Gasteiger partial charge in [0.15, 0.2) is 5.65 Å². The predicted octanol–water partition coefficient (Wildman–Crippen LogP) is 3.08. The highest BCUT2D eigenvalue weighted by Gasteiger charge is 2.48. The number of hydrogen-bond donors (Lipinski definition) is 0. The van der Waals surface area contributed by atoms with Crippen LogP contribution < -0.4 is 0 Å². The van der Waals surface area contributed by atoms with E-state index in [4.69, 9.17) is 0 Å². The van der Waals surface area contributed by atoms with Crippen LogP contribution in [0.1, 0.15) is 24.5 Å². The first-order chi connectivity index (χ1) is 8.55. The lowest BCUT2D eigenvalue weighted by atomic mass is 9.72. The predicted molar refractivity (Wildman–Crippen MR) is 58.9 cm³/mol. The summed E-state index contributed by atoms with van der Waals surface area (Å²) >= 11 is 0. The quantitative estimate of drug-likeness (QED) is 0.783. The van der Waals surface area contributed by atoms with Gasteiger partial charge in [-0.25, -0.2) is 15.0 Å². The van der Waals surface area contributed by atoms with E-state index in [0.717, 1.165) is 5.39 Å². The van der Waals surface area contributed by atoms with Crippen LogP contribution in [0.4, 0.5) is 13.2 Å². The smallest absolute Gasteiger partial charge is 0.240 e. The molecule has 1 aliphatic carbocycles. The summed E-state index contributed by atoms with van der Waals surface area (Å²) in [6.07, 6.45) is -0.878. The summed E-state index contributed by atoms with van der Waals surface area (Å²) in [5.41, 5.74) is 1.23.